The van der Waals surface area contributed by atoms with Gasteiger partial charge in [0.25, 0.3) is 5.91 Å². The molecule has 1 aliphatic heterocycles. The van der Waals surface area contributed by atoms with Gasteiger partial charge in [-0.3, -0.25) is 10.1 Å². The Kier molecular flexibility index (Phi) is 8.02. The van der Waals surface area contributed by atoms with Crippen molar-refractivity contribution in [1.29, 1.82) is 0 Å². The number of carbonyl (C=O) groups excluding carboxylic acids is 1. The molecule has 8 heteroatoms. The van der Waals surface area contributed by atoms with Crippen LogP contribution in [0.3, 0.4) is 0 Å². The molecule has 0 aliphatic carbocycles. The Morgan fingerprint density at radius 2 is 1.50 bits per heavy atom. The normalized spacial score (nSPS) is 14.3. The standard InChI is InChI=1S/C30H31N3O3S2/c1-2-9-27-28(24-14-12-23(13-15-24)22-10-5-3-6-11-22)31-30(37-27)32-29(34)25-16-18-26(19-17-25)38(35,36)33-20-7-4-8-21-33/h3,5-6,10-19H,2,4,7-9,20-21H2,1H3,(H,31,32,34). The number of hydrogen-bond acceptors (Lipinski definition) is 5. The van der Waals surface area contributed by atoms with Crippen LogP contribution in [0.1, 0.15) is 47.8 Å². The van der Waals surface area contributed by atoms with E-state index in [-0.39, 0.29) is 10.8 Å². The maximum Gasteiger partial charge on any atom is 0.257 e. The number of aryl methyl sites for hydroxylation is 1. The van der Waals surface area contributed by atoms with E-state index in [1.54, 1.807) is 12.1 Å². The van der Waals surface area contributed by atoms with Gasteiger partial charge in [0.1, 0.15) is 0 Å². The molecule has 0 saturated carbocycles. The van der Waals surface area contributed by atoms with Gasteiger partial charge in [0.2, 0.25) is 10.0 Å². The zero-order valence-electron chi connectivity index (χ0n) is 21.4. The highest BCUT2D eigenvalue weighted by Gasteiger charge is 2.26. The minimum Gasteiger partial charge on any atom is -0.298 e. The number of nitrogens with one attached hydrogen (secondary N) is 1. The van der Waals surface area contributed by atoms with E-state index in [0.717, 1.165) is 59.4 Å². The van der Waals surface area contributed by atoms with E-state index in [1.807, 2.05) is 18.2 Å². The van der Waals surface area contributed by atoms with Crippen LogP contribution in [-0.2, 0) is 16.4 Å². The molecule has 1 fully saturated rings. The number of amides is 1. The van der Waals surface area contributed by atoms with Crippen LogP contribution in [0.5, 0.6) is 0 Å². The van der Waals surface area contributed by atoms with E-state index in [2.05, 4.69) is 48.6 Å². The lowest BCUT2D eigenvalue weighted by Crippen LogP contribution is -2.35. The highest BCUT2D eigenvalue weighted by atomic mass is 32.2. The van der Waals surface area contributed by atoms with Crippen molar-refractivity contribution < 1.29 is 13.2 Å². The highest BCUT2D eigenvalue weighted by molar-refractivity contribution is 7.89. The molecule has 0 bridgehead atoms. The lowest BCUT2D eigenvalue weighted by Gasteiger charge is -2.25. The number of aromatic nitrogens is 1. The predicted octanol–water partition coefficient (Wildman–Crippen LogP) is 6.86. The average molecular weight is 546 g/mol. The van der Waals surface area contributed by atoms with Gasteiger partial charge < -0.3 is 0 Å². The van der Waals surface area contributed by atoms with Crippen molar-refractivity contribution >= 4 is 32.4 Å². The Labute approximate surface area is 228 Å². The van der Waals surface area contributed by atoms with Gasteiger partial charge in [-0.25, -0.2) is 13.4 Å². The van der Waals surface area contributed by atoms with Gasteiger partial charge >= 0.3 is 0 Å². The Hall–Kier alpha value is -3.33. The first kappa shape index (κ1) is 26.3. The summed E-state index contributed by atoms with van der Waals surface area (Å²) in [6.45, 7) is 3.22. The van der Waals surface area contributed by atoms with Gasteiger partial charge in [-0.2, -0.15) is 4.31 Å². The third-order valence-corrected chi connectivity index (χ3v) is 9.67. The summed E-state index contributed by atoms with van der Waals surface area (Å²) in [5.41, 5.74) is 4.59. The number of nitrogens with zero attached hydrogens (tertiary/aromatic N) is 2. The van der Waals surface area contributed by atoms with Gasteiger partial charge in [0.15, 0.2) is 5.13 Å². The Balaban J connectivity index is 1.32. The van der Waals surface area contributed by atoms with Crippen molar-refractivity contribution in [2.45, 2.75) is 43.9 Å². The van der Waals surface area contributed by atoms with Crippen molar-refractivity contribution in [3.05, 3.63) is 89.3 Å². The van der Waals surface area contributed by atoms with Crippen LogP contribution in [0, 0.1) is 0 Å². The Bertz CT molecular complexity index is 1490. The van der Waals surface area contributed by atoms with Crippen LogP contribution in [0.4, 0.5) is 5.13 Å². The third kappa shape index (κ3) is 5.72. The fourth-order valence-corrected chi connectivity index (χ4v) is 7.28. The molecule has 1 amide bonds. The average Bonchev–Trinajstić information content (AvgIpc) is 3.36. The molecule has 4 aromatic rings. The molecule has 1 N–H and O–H groups in total. The fraction of sp³-hybridized carbons (Fsp3) is 0.267. The van der Waals surface area contributed by atoms with E-state index in [0.29, 0.717) is 23.8 Å². The summed E-state index contributed by atoms with van der Waals surface area (Å²) in [6, 6.07) is 24.7. The summed E-state index contributed by atoms with van der Waals surface area (Å²) in [4.78, 5) is 19.1. The fourth-order valence-electron chi connectivity index (χ4n) is 4.68. The summed E-state index contributed by atoms with van der Waals surface area (Å²) < 4.78 is 27.4. The molecule has 5 rings (SSSR count). The van der Waals surface area contributed by atoms with E-state index >= 15 is 0 Å². The minimum absolute atomic E-state index is 0.219. The molecule has 2 heterocycles. The number of carbonyl (C=O) groups is 1. The molecule has 1 saturated heterocycles. The van der Waals surface area contributed by atoms with E-state index in [9.17, 15) is 13.2 Å². The monoisotopic (exact) mass is 545 g/mol. The number of benzene rings is 3. The summed E-state index contributed by atoms with van der Waals surface area (Å²) in [5.74, 6) is -0.310. The summed E-state index contributed by atoms with van der Waals surface area (Å²) >= 11 is 1.48. The van der Waals surface area contributed by atoms with E-state index in [4.69, 9.17) is 4.98 Å². The quantitative estimate of drug-likeness (QED) is 0.262. The van der Waals surface area contributed by atoms with Crippen LogP contribution in [0.15, 0.2) is 83.8 Å². The molecule has 1 aliphatic rings. The van der Waals surface area contributed by atoms with Crippen molar-refractivity contribution in [2.75, 3.05) is 18.4 Å². The van der Waals surface area contributed by atoms with E-state index in [1.165, 1.54) is 27.8 Å². The van der Waals surface area contributed by atoms with Crippen LogP contribution in [0.25, 0.3) is 22.4 Å². The first-order valence-corrected chi connectivity index (χ1v) is 15.3. The summed E-state index contributed by atoms with van der Waals surface area (Å²) in [7, 11) is -3.53. The van der Waals surface area contributed by atoms with E-state index < -0.39 is 10.0 Å². The predicted molar refractivity (Wildman–Crippen MR) is 154 cm³/mol. The molecule has 38 heavy (non-hydrogen) atoms. The van der Waals surface area contributed by atoms with Crippen LogP contribution >= 0.6 is 11.3 Å². The lowest BCUT2D eigenvalue weighted by atomic mass is 10.0. The minimum atomic E-state index is -3.53. The Morgan fingerprint density at radius 1 is 0.868 bits per heavy atom. The van der Waals surface area contributed by atoms with Gasteiger partial charge in [0.05, 0.1) is 10.6 Å². The molecule has 0 radical (unpaired) electrons. The Morgan fingerprint density at radius 3 is 2.16 bits per heavy atom. The van der Waals surface area contributed by atoms with Crippen molar-refractivity contribution in [3.63, 3.8) is 0 Å². The lowest BCUT2D eigenvalue weighted by molar-refractivity contribution is 0.102. The molecular weight excluding hydrogens is 514 g/mol. The second kappa shape index (κ2) is 11.6. The highest BCUT2D eigenvalue weighted by Crippen LogP contribution is 2.34. The van der Waals surface area contributed by atoms with Gasteiger partial charge in [-0.05, 0) is 54.7 Å². The van der Waals surface area contributed by atoms with Gasteiger partial charge in [0, 0.05) is 29.1 Å². The van der Waals surface area contributed by atoms with Gasteiger partial charge in [-0.1, -0.05) is 74.4 Å². The van der Waals surface area contributed by atoms with Crippen LogP contribution in [-0.4, -0.2) is 36.7 Å². The summed E-state index contributed by atoms with van der Waals surface area (Å²) in [6.07, 6.45) is 4.66. The number of thiazole rings is 1. The topological polar surface area (TPSA) is 79.4 Å². The maximum atomic E-state index is 13.0. The molecule has 3 aromatic carbocycles. The van der Waals surface area contributed by atoms with Crippen LogP contribution in [0.2, 0.25) is 0 Å². The first-order chi connectivity index (χ1) is 18.5. The number of anilines is 1. The smallest absolute Gasteiger partial charge is 0.257 e. The second-order valence-corrected chi connectivity index (χ2v) is 12.4. The molecule has 6 nitrogen and oxygen atoms in total. The molecule has 0 unspecified atom stereocenters. The molecule has 0 spiro atoms. The number of sulfonamides is 1. The zero-order valence-corrected chi connectivity index (χ0v) is 23.0. The number of piperidine rings is 1. The van der Waals surface area contributed by atoms with Crippen molar-refractivity contribution in [2.24, 2.45) is 0 Å². The summed E-state index contributed by atoms with van der Waals surface area (Å²) in [5, 5.41) is 3.45. The van der Waals surface area contributed by atoms with Crippen molar-refractivity contribution in [1.82, 2.24) is 9.29 Å². The van der Waals surface area contributed by atoms with Gasteiger partial charge in [-0.15, -0.1) is 11.3 Å². The largest absolute Gasteiger partial charge is 0.298 e. The second-order valence-electron chi connectivity index (χ2n) is 9.43. The van der Waals surface area contributed by atoms with Crippen LogP contribution < -0.4 is 5.32 Å². The first-order valence-electron chi connectivity index (χ1n) is 13.0. The number of rotatable bonds is 8. The zero-order chi connectivity index (χ0) is 26.5. The SMILES string of the molecule is CCCc1sc(NC(=O)c2ccc(S(=O)(=O)N3CCCCC3)cc2)nc1-c1ccc(-c2ccccc2)cc1. The number of hydrogen-bond donors (Lipinski definition) is 1. The molecule has 1 aromatic heterocycles. The molecule has 196 valence electrons. The third-order valence-electron chi connectivity index (χ3n) is 6.73. The molecular formula is C30H31N3O3S2. The van der Waals surface area contributed by atoms with Crippen molar-refractivity contribution in [3.8, 4) is 22.4 Å². The molecule has 0 atom stereocenters. The maximum absolute atomic E-state index is 13.0.